The first-order valence-corrected chi connectivity index (χ1v) is 11.0. The molecular formula is C24H24BrN3O2. The summed E-state index contributed by atoms with van der Waals surface area (Å²) in [6.07, 6.45) is 5.40. The van der Waals surface area contributed by atoms with Gasteiger partial charge in [0.25, 0.3) is 5.91 Å². The van der Waals surface area contributed by atoms with E-state index in [9.17, 15) is 4.79 Å². The van der Waals surface area contributed by atoms with Crippen molar-refractivity contribution in [3.8, 4) is 0 Å². The number of furan rings is 1. The van der Waals surface area contributed by atoms with Gasteiger partial charge in [-0.25, -0.2) is 4.98 Å². The van der Waals surface area contributed by atoms with Crippen molar-refractivity contribution in [3.63, 3.8) is 0 Å². The molecule has 0 unspecified atom stereocenters. The Bertz CT molecular complexity index is 1120. The molecule has 5 nitrogen and oxygen atoms in total. The van der Waals surface area contributed by atoms with Crippen LogP contribution < -0.4 is 5.32 Å². The van der Waals surface area contributed by atoms with Gasteiger partial charge in [0.05, 0.1) is 17.3 Å². The third-order valence-corrected chi connectivity index (χ3v) is 5.56. The Morgan fingerprint density at radius 3 is 2.77 bits per heavy atom. The van der Waals surface area contributed by atoms with Crippen LogP contribution in [0.2, 0.25) is 0 Å². The number of nitrogens with one attached hydrogen (secondary N) is 1. The number of rotatable bonds is 9. The molecule has 0 atom stereocenters. The molecule has 0 saturated carbocycles. The van der Waals surface area contributed by atoms with E-state index in [0.29, 0.717) is 12.3 Å². The van der Waals surface area contributed by atoms with Crippen molar-refractivity contribution in [2.45, 2.75) is 32.2 Å². The van der Waals surface area contributed by atoms with Crippen molar-refractivity contribution >= 4 is 32.9 Å². The van der Waals surface area contributed by atoms with Crippen LogP contribution in [0.4, 0.5) is 0 Å². The summed E-state index contributed by atoms with van der Waals surface area (Å²) in [6, 6.07) is 20.1. The number of carbonyl (C=O) groups excluding carboxylic acids is 1. The molecule has 0 aliphatic carbocycles. The molecule has 1 amide bonds. The van der Waals surface area contributed by atoms with E-state index in [0.717, 1.165) is 53.6 Å². The molecule has 0 aliphatic heterocycles. The van der Waals surface area contributed by atoms with Crippen LogP contribution in [0.15, 0.2) is 75.8 Å². The molecule has 0 saturated heterocycles. The van der Waals surface area contributed by atoms with Crippen molar-refractivity contribution in [1.82, 2.24) is 14.9 Å². The number of unbranched alkanes of at least 4 members (excludes halogenated alkanes) is 2. The van der Waals surface area contributed by atoms with Gasteiger partial charge in [-0.3, -0.25) is 4.79 Å². The van der Waals surface area contributed by atoms with Crippen molar-refractivity contribution in [3.05, 3.63) is 88.5 Å². The monoisotopic (exact) mass is 465 g/mol. The Labute approximate surface area is 184 Å². The fourth-order valence-corrected chi connectivity index (χ4v) is 4.04. The van der Waals surface area contributed by atoms with Crippen LogP contribution in [0.1, 0.15) is 41.2 Å². The maximum Gasteiger partial charge on any atom is 0.286 e. The van der Waals surface area contributed by atoms with E-state index < -0.39 is 0 Å². The molecule has 6 heteroatoms. The fraction of sp³-hybridized carbons (Fsp3) is 0.250. The van der Waals surface area contributed by atoms with E-state index >= 15 is 0 Å². The largest absolute Gasteiger partial charge is 0.459 e. The number of aromatic nitrogens is 2. The number of aryl methyl sites for hydroxylation is 1. The average molecular weight is 466 g/mol. The van der Waals surface area contributed by atoms with Gasteiger partial charge in [-0.1, -0.05) is 46.6 Å². The molecular weight excluding hydrogens is 442 g/mol. The van der Waals surface area contributed by atoms with Gasteiger partial charge >= 0.3 is 0 Å². The summed E-state index contributed by atoms with van der Waals surface area (Å²) in [5.41, 5.74) is 3.45. The Balaban J connectivity index is 1.35. The molecule has 1 N–H and O–H groups in total. The second-order valence-electron chi connectivity index (χ2n) is 7.28. The van der Waals surface area contributed by atoms with Crippen LogP contribution in [0.5, 0.6) is 0 Å². The Hall–Kier alpha value is -2.86. The summed E-state index contributed by atoms with van der Waals surface area (Å²) in [4.78, 5) is 16.8. The first-order valence-electron chi connectivity index (χ1n) is 10.2. The highest BCUT2D eigenvalue weighted by Crippen LogP contribution is 2.21. The van der Waals surface area contributed by atoms with Crippen molar-refractivity contribution in [2.75, 3.05) is 6.54 Å². The number of nitrogens with zero attached hydrogens (tertiary/aromatic N) is 2. The number of benzene rings is 2. The maximum absolute atomic E-state index is 11.9. The normalized spacial score (nSPS) is 11.1. The molecule has 0 aliphatic rings. The standard InChI is InChI=1S/C24H24BrN3O2/c25-19-9-6-8-18(16-19)17-28-21-11-4-3-10-20(21)27-23(28)13-2-1-5-14-26-24(29)22-12-7-15-30-22/h3-4,6-12,15-16H,1-2,5,13-14,17H2,(H,26,29). The van der Waals surface area contributed by atoms with Gasteiger partial charge in [0.1, 0.15) is 5.82 Å². The zero-order valence-electron chi connectivity index (χ0n) is 16.7. The Morgan fingerprint density at radius 2 is 1.93 bits per heavy atom. The molecule has 4 rings (SSSR count). The summed E-state index contributed by atoms with van der Waals surface area (Å²) in [5.74, 6) is 1.31. The zero-order chi connectivity index (χ0) is 20.8. The molecule has 2 aromatic heterocycles. The Morgan fingerprint density at radius 1 is 1.03 bits per heavy atom. The van der Waals surface area contributed by atoms with Crippen LogP contribution >= 0.6 is 15.9 Å². The van der Waals surface area contributed by atoms with Gasteiger partial charge < -0.3 is 14.3 Å². The van der Waals surface area contributed by atoms with Gasteiger partial charge in [-0.05, 0) is 54.8 Å². The van der Waals surface area contributed by atoms with Gasteiger partial charge in [-0.2, -0.15) is 0 Å². The quantitative estimate of drug-likeness (QED) is 0.328. The van der Waals surface area contributed by atoms with Gasteiger partial charge in [0, 0.05) is 24.0 Å². The molecule has 4 aromatic rings. The number of amides is 1. The molecule has 154 valence electrons. The van der Waals surface area contributed by atoms with E-state index in [-0.39, 0.29) is 5.91 Å². The number of hydrogen-bond acceptors (Lipinski definition) is 3. The van der Waals surface area contributed by atoms with Gasteiger partial charge in [-0.15, -0.1) is 0 Å². The predicted molar refractivity (Wildman–Crippen MR) is 122 cm³/mol. The minimum Gasteiger partial charge on any atom is -0.459 e. The smallest absolute Gasteiger partial charge is 0.286 e. The van der Waals surface area contributed by atoms with Crippen LogP contribution in [-0.2, 0) is 13.0 Å². The Kier molecular flexibility index (Phi) is 6.64. The number of carbonyl (C=O) groups is 1. The molecule has 0 bridgehead atoms. The number of halogens is 1. The number of hydrogen-bond donors (Lipinski definition) is 1. The lowest BCUT2D eigenvalue weighted by atomic mass is 10.1. The second kappa shape index (κ2) is 9.76. The highest BCUT2D eigenvalue weighted by atomic mass is 79.9. The molecule has 0 spiro atoms. The summed E-state index contributed by atoms with van der Waals surface area (Å²) < 4.78 is 8.50. The zero-order valence-corrected chi connectivity index (χ0v) is 18.3. The van der Waals surface area contributed by atoms with Crippen LogP contribution in [0.25, 0.3) is 11.0 Å². The highest BCUT2D eigenvalue weighted by Gasteiger charge is 2.11. The molecule has 2 aromatic carbocycles. The summed E-state index contributed by atoms with van der Waals surface area (Å²) in [5, 5.41) is 2.90. The highest BCUT2D eigenvalue weighted by molar-refractivity contribution is 9.10. The van der Waals surface area contributed by atoms with Gasteiger partial charge in [0.15, 0.2) is 5.76 Å². The molecule has 30 heavy (non-hydrogen) atoms. The molecule has 0 fully saturated rings. The third-order valence-electron chi connectivity index (χ3n) is 5.07. The SMILES string of the molecule is O=C(NCCCCCc1nc2ccccc2n1Cc1cccc(Br)c1)c1ccco1. The van der Waals surface area contributed by atoms with E-state index in [2.05, 4.69) is 62.2 Å². The van der Waals surface area contributed by atoms with E-state index in [1.807, 2.05) is 12.1 Å². The number of para-hydroxylation sites is 2. The topological polar surface area (TPSA) is 60.1 Å². The molecule has 0 radical (unpaired) electrons. The lowest BCUT2D eigenvalue weighted by Gasteiger charge is -2.10. The van der Waals surface area contributed by atoms with Crippen LogP contribution in [0.3, 0.4) is 0 Å². The van der Waals surface area contributed by atoms with Crippen LogP contribution in [0, 0.1) is 0 Å². The van der Waals surface area contributed by atoms with E-state index in [4.69, 9.17) is 9.40 Å². The summed E-state index contributed by atoms with van der Waals surface area (Å²) in [6.45, 7) is 1.45. The van der Waals surface area contributed by atoms with E-state index in [1.165, 1.54) is 11.8 Å². The van der Waals surface area contributed by atoms with Crippen molar-refractivity contribution in [1.29, 1.82) is 0 Å². The van der Waals surface area contributed by atoms with Gasteiger partial charge in [0.2, 0.25) is 0 Å². The fourth-order valence-electron chi connectivity index (χ4n) is 3.59. The number of imidazole rings is 1. The maximum atomic E-state index is 11.9. The number of fused-ring (bicyclic) bond motifs is 1. The van der Waals surface area contributed by atoms with Crippen molar-refractivity contribution in [2.24, 2.45) is 0 Å². The first-order chi connectivity index (χ1) is 14.7. The predicted octanol–water partition coefficient (Wildman–Crippen LogP) is 5.58. The van der Waals surface area contributed by atoms with Crippen LogP contribution in [-0.4, -0.2) is 22.0 Å². The third kappa shape index (κ3) is 5.00. The lowest BCUT2D eigenvalue weighted by Crippen LogP contribution is -2.23. The van der Waals surface area contributed by atoms with Crippen molar-refractivity contribution < 1.29 is 9.21 Å². The van der Waals surface area contributed by atoms with E-state index in [1.54, 1.807) is 12.1 Å². The minimum absolute atomic E-state index is 0.157. The summed E-state index contributed by atoms with van der Waals surface area (Å²) in [7, 11) is 0. The summed E-state index contributed by atoms with van der Waals surface area (Å²) >= 11 is 3.56. The second-order valence-corrected chi connectivity index (χ2v) is 8.19. The molecule has 2 heterocycles. The first kappa shape index (κ1) is 20.4. The lowest BCUT2D eigenvalue weighted by molar-refractivity contribution is 0.0925. The minimum atomic E-state index is -0.157. The average Bonchev–Trinajstić information content (AvgIpc) is 3.40.